The molecule has 0 radical (unpaired) electrons. The van der Waals surface area contributed by atoms with Crippen LogP contribution in [0.2, 0.25) is 0 Å². The summed E-state index contributed by atoms with van der Waals surface area (Å²) in [7, 11) is -3.46. The fraction of sp³-hybridized carbons (Fsp3) is 0.571. The van der Waals surface area contributed by atoms with Gasteiger partial charge in [-0.25, -0.2) is 13.1 Å². The van der Waals surface area contributed by atoms with Crippen molar-refractivity contribution in [3.05, 3.63) is 23.8 Å². The van der Waals surface area contributed by atoms with Crippen molar-refractivity contribution in [1.82, 2.24) is 4.72 Å². The first-order valence-electron chi connectivity index (χ1n) is 6.96. The third kappa shape index (κ3) is 3.50. The Balaban J connectivity index is 2.19. The predicted octanol–water partition coefficient (Wildman–Crippen LogP) is 1.62. The predicted molar refractivity (Wildman–Crippen MR) is 78.0 cm³/mol. The van der Waals surface area contributed by atoms with Crippen LogP contribution in [0.4, 0.5) is 0 Å². The molecular weight excluding hydrogens is 276 g/mol. The maximum absolute atomic E-state index is 12.2. The van der Waals surface area contributed by atoms with Crippen LogP contribution in [0.3, 0.4) is 0 Å². The van der Waals surface area contributed by atoms with Crippen molar-refractivity contribution in [2.75, 3.05) is 6.61 Å². The number of nitrogens with two attached hydrogens (primary N) is 1. The van der Waals surface area contributed by atoms with E-state index in [1.807, 2.05) is 13.8 Å². The zero-order valence-corrected chi connectivity index (χ0v) is 12.7. The first-order chi connectivity index (χ1) is 9.47. The zero-order valence-electron chi connectivity index (χ0n) is 11.9. The van der Waals surface area contributed by atoms with Crippen LogP contribution in [-0.4, -0.2) is 21.1 Å². The molecule has 0 amide bonds. The van der Waals surface area contributed by atoms with Crippen LogP contribution in [-0.2, 0) is 16.6 Å². The molecule has 0 bridgehead atoms. The molecule has 0 saturated heterocycles. The molecule has 2 rings (SSSR count). The van der Waals surface area contributed by atoms with Crippen molar-refractivity contribution in [2.24, 2.45) is 11.7 Å². The second-order valence-corrected chi connectivity index (χ2v) is 6.98. The van der Waals surface area contributed by atoms with Crippen molar-refractivity contribution in [3.63, 3.8) is 0 Å². The van der Waals surface area contributed by atoms with Crippen LogP contribution in [0.5, 0.6) is 5.75 Å². The lowest BCUT2D eigenvalue weighted by Crippen LogP contribution is -2.27. The fourth-order valence-corrected chi connectivity index (χ4v) is 3.40. The molecule has 112 valence electrons. The Morgan fingerprint density at radius 1 is 1.45 bits per heavy atom. The second kappa shape index (κ2) is 6.11. The molecule has 0 heterocycles. The van der Waals surface area contributed by atoms with E-state index in [2.05, 4.69) is 4.72 Å². The van der Waals surface area contributed by atoms with E-state index in [0.717, 1.165) is 12.8 Å². The average molecular weight is 298 g/mol. The third-order valence-electron chi connectivity index (χ3n) is 3.44. The Kier molecular flexibility index (Phi) is 4.67. The van der Waals surface area contributed by atoms with E-state index in [1.54, 1.807) is 18.2 Å². The molecule has 1 aromatic carbocycles. The SMILES string of the molecule is CCCOc1ccc(S(=O)(=O)NC2CC2C)cc1CN. The van der Waals surface area contributed by atoms with Gasteiger partial charge in [0.25, 0.3) is 0 Å². The number of ether oxygens (including phenoxy) is 1. The maximum Gasteiger partial charge on any atom is 0.240 e. The van der Waals surface area contributed by atoms with E-state index in [-0.39, 0.29) is 17.5 Å². The number of hydrogen-bond donors (Lipinski definition) is 2. The largest absolute Gasteiger partial charge is 0.493 e. The van der Waals surface area contributed by atoms with Crippen LogP contribution in [0, 0.1) is 5.92 Å². The number of sulfonamides is 1. The molecule has 20 heavy (non-hydrogen) atoms. The van der Waals surface area contributed by atoms with Gasteiger partial charge in [-0.15, -0.1) is 0 Å². The van der Waals surface area contributed by atoms with Crippen LogP contribution in [0.25, 0.3) is 0 Å². The molecule has 3 N–H and O–H groups in total. The molecule has 0 aromatic heterocycles. The van der Waals surface area contributed by atoms with Gasteiger partial charge in [-0.3, -0.25) is 0 Å². The second-order valence-electron chi connectivity index (χ2n) is 5.26. The first kappa shape index (κ1) is 15.3. The van der Waals surface area contributed by atoms with Gasteiger partial charge in [-0.05, 0) is 37.0 Å². The van der Waals surface area contributed by atoms with Crippen LogP contribution in [0.15, 0.2) is 23.1 Å². The number of hydrogen-bond acceptors (Lipinski definition) is 4. The van der Waals surface area contributed by atoms with Gasteiger partial charge in [-0.2, -0.15) is 0 Å². The van der Waals surface area contributed by atoms with Gasteiger partial charge in [0.05, 0.1) is 11.5 Å². The summed E-state index contributed by atoms with van der Waals surface area (Å²) in [6.45, 7) is 4.89. The van der Waals surface area contributed by atoms with Gasteiger partial charge in [0.2, 0.25) is 10.0 Å². The summed E-state index contributed by atoms with van der Waals surface area (Å²) >= 11 is 0. The molecule has 1 fully saturated rings. The lowest BCUT2D eigenvalue weighted by molar-refractivity contribution is 0.314. The van der Waals surface area contributed by atoms with Crippen molar-refractivity contribution < 1.29 is 13.2 Å². The standard InChI is InChI=1S/C14H22N2O3S/c1-3-6-19-14-5-4-12(8-11(14)9-15)20(17,18)16-13-7-10(13)2/h4-5,8,10,13,16H,3,6-7,9,15H2,1-2H3. The normalized spacial score (nSPS) is 21.8. The molecule has 6 heteroatoms. The summed E-state index contributed by atoms with van der Waals surface area (Å²) in [4.78, 5) is 0.251. The Morgan fingerprint density at radius 3 is 2.70 bits per heavy atom. The molecule has 1 aliphatic rings. The Hall–Kier alpha value is -1.11. The van der Waals surface area contributed by atoms with Crippen molar-refractivity contribution in [1.29, 1.82) is 0 Å². The molecule has 1 saturated carbocycles. The molecule has 1 aromatic rings. The van der Waals surface area contributed by atoms with Crippen molar-refractivity contribution in [3.8, 4) is 5.75 Å². The lowest BCUT2D eigenvalue weighted by atomic mass is 10.2. The van der Waals surface area contributed by atoms with Crippen molar-refractivity contribution in [2.45, 2.75) is 44.2 Å². The van der Waals surface area contributed by atoms with E-state index in [1.165, 1.54) is 0 Å². The van der Waals surface area contributed by atoms with Crippen molar-refractivity contribution >= 4 is 10.0 Å². The topological polar surface area (TPSA) is 81.4 Å². The van der Waals surface area contributed by atoms with Gasteiger partial charge >= 0.3 is 0 Å². The average Bonchev–Trinajstić information content (AvgIpc) is 3.10. The highest BCUT2D eigenvalue weighted by atomic mass is 32.2. The number of benzene rings is 1. The Morgan fingerprint density at radius 2 is 2.15 bits per heavy atom. The summed E-state index contributed by atoms with van der Waals surface area (Å²) in [5.74, 6) is 1.08. The Bertz CT molecular complexity index is 572. The third-order valence-corrected chi connectivity index (χ3v) is 4.93. The summed E-state index contributed by atoms with van der Waals surface area (Å²) in [6.07, 6.45) is 1.80. The highest BCUT2D eigenvalue weighted by Gasteiger charge is 2.36. The van der Waals surface area contributed by atoms with Gasteiger partial charge < -0.3 is 10.5 Å². The van der Waals surface area contributed by atoms with Gasteiger partial charge in [0.15, 0.2) is 0 Å². The molecule has 2 atom stereocenters. The minimum atomic E-state index is -3.46. The quantitative estimate of drug-likeness (QED) is 0.801. The molecule has 2 unspecified atom stereocenters. The zero-order chi connectivity index (χ0) is 14.8. The highest BCUT2D eigenvalue weighted by Crippen LogP contribution is 2.31. The first-order valence-corrected chi connectivity index (χ1v) is 8.44. The monoisotopic (exact) mass is 298 g/mol. The van der Waals surface area contributed by atoms with E-state index in [4.69, 9.17) is 10.5 Å². The summed E-state index contributed by atoms with van der Waals surface area (Å²) in [6, 6.07) is 4.92. The van der Waals surface area contributed by atoms with E-state index in [9.17, 15) is 8.42 Å². The van der Waals surface area contributed by atoms with E-state index in [0.29, 0.717) is 23.8 Å². The maximum atomic E-state index is 12.2. The van der Waals surface area contributed by atoms with Gasteiger partial charge in [0.1, 0.15) is 5.75 Å². The summed E-state index contributed by atoms with van der Waals surface area (Å²) < 4.78 is 32.7. The van der Waals surface area contributed by atoms with E-state index < -0.39 is 10.0 Å². The summed E-state index contributed by atoms with van der Waals surface area (Å²) in [5, 5.41) is 0. The van der Waals surface area contributed by atoms with Gasteiger partial charge in [-0.1, -0.05) is 13.8 Å². The molecule has 0 aliphatic heterocycles. The van der Waals surface area contributed by atoms with Crippen LogP contribution in [0.1, 0.15) is 32.3 Å². The molecule has 5 nitrogen and oxygen atoms in total. The smallest absolute Gasteiger partial charge is 0.240 e. The summed E-state index contributed by atoms with van der Waals surface area (Å²) in [5.41, 5.74) is 6.39. The Labute approximate surface area is 120 Å². The van der Waals surface area contributed by atoms with Crippen LogP contribution < -0.4 is 15.2 Å². The lowest BCUT2D eigenvalue weighted by Gasteiger charge is -2.12. The minimum Gasteiger partial charge on any atom is -0.493 e. The minimum absolute atomic E-state index is 0.0670. The molecule has 1 aliphatic carbocycles. The highest BCUT2D eigenvalue weighted by molar-refractivity contribution is 7.89. The molecular formula is C14H22N2O3S. The van der Waals surface area contributed by atoms with E-state index >= 15 is 0 Å². The fourth-order valence-electron chi connectivity index (χ4n) is 1.99. The number of rotatable bonds is 7. The van der Waals surface area contributed by atoms with Gasteiger partial charge in [0, 0.05) is 18.2 Å². The van der Waals surface area contributed by atoms with Crippen LogP contribution >= 0.6 is 0 Å². The number of nitrogens with one attached hydrogen (secondary N) is 1. The molecule has 0 spiro atoms.